The summed E-state index contributed by atoms with van der Waals surface area (Å²) >= 11 is 1.20. The monoisotopic (exact) mass is 383 g/mol. The molecule has 0 fully saturated rings. The van der Waals surface area contributed by atoms with Crippen molar-refractivity contribution >= 4 is 11.8 Å². The molecule has 0 bridgehead atoms. The molecule has 1 nitrogen and oxygen atoms in total. The van der Waals surface area contributed by atoms with Crippen LogP contribution in [0.15, 0.2) is 70.7 Å². The molecule has 0 atom stereocenters. The van der Waals surface area contributed by atoms with E-state index in [1.807, 2.05) is 45.2 Å². The van der Waals surface area contributed by atoms with Crippen molar-refractivity contribution in [3.05, 3.63) is 70.7 Å². The first kappa shape index (κ1) is 29.6. The number of rotatable bonds is 4. The van der Waals surface area contributed by atoms with E-state index < -0.39 is 0 Å². The van der Waals surface area contributed by atoms with Crippen molar-refractivity contribution in [2.75, 3.05) is 0 Å². The molecule has 1 aliphatic rings. The molecule has 1 rings (SSSR count). The van der Waals surface area contributed by atoms with Crippen LogP contribution < -0.4 is 0 Å². The summed E-state index contributed by atoms with van der Waals surface area (Å²) < 4.78 is 0. The number of nitrogens with zero attached hydrogens (tertiary/aromatic N) is 1. The van der Waals surface area contributed by atoms with Crippen LogP contribution in [0.25, 0.3) is 0 Å². The zero-order valence-corrected chi connectivity index (χ0v) is 19.2. The lowest BCUT2D eigenvalue weighted by Gasteiger charge is -2.21. The lowest BCUT2D eigenvalue weighted by atomic mass is 9.83. The maximum atomic E-state index is 8.04. The van der Waals surface area contributed by atoms with E-state index in [4.69, 9.17) is 5.26 Å². The van der Waals surface area contributed by atoms with Gasteiger partial charge >= 0.3 is 0 Å². The lowest BCUT2D eigenvalue weighted by Crippen LogP contribution is -2.02. The van der Waals surface area contributed by atoms with Crippen molar-refractivity contribution in [2.24, 2.45) is 0 Å². The number of terminal acetylenes is 1. The Morgan fingerprint density at radius 2 is 1.78 bits per heavy atom. The summed E-state index contributed by atoms with van der Waals surface area (Å²) in [4.78, 5) is 1.06. The normalized spacial score (nSPS) is 14.4. The van der Waals surface area contributed by atoms with Crippen molar-refractivity contribution in [1.29, 1.82) is 5.26 Å². The zero-order valence-electron chi connectivity index (χ0n) is 18.4. The van der Waals surface area contributed by atoms with Gasteiger partial charge in [0.1, 0.15) is 5.40 Å². The van der Waals surface area contributed by atoms with Crippen molar-refractivity contribution in [3.63, 3.8) is 0 Å². The molecule has 0 aromatic carbocycles. The summed E-state index contributed by atoms with van der Waals surface area (Å²) in [7, 11) is 0. The highest BCUT2D eigenvalue weighted by Gasteiger charge is 2.15. The van der Waals surface area contributed by atoms with E-state index in [-0.39, 0.29) is 0 Å². The van der Waals surface area contributed by atoms with Gasteiger partial charge in [-0.15, -0.1) is 12.3 Å². The van der Waals surface area contributed by atoms with E-state index in [1.54, 1.807) is 6.92 Å². The van der Waals surface area contributed by atoms with Crippen molar-refractivity contribution in [1.82, 2.24) is 0 Å². The summed E-state index contributed by atoms with van der Waals surface area (Å²) in [6, 6.07) is 0. The summed E-state index contributed by atoms with van der Waals surface area (Å²) in [5.74, 6) is 2.25. The van der Waals surface area contributed by atoms with Crippen LogP contribution in [-0.2, 0) is 0 Å². The summed E-state index contributed by atoms with van der Waals surface area (Å²) in [5, 5.41) is 10.0. The maximum absolute atomic E-state index is 8.04. The Labute approximate surface area is 173 Å². The topological polar surface area (TPSA) is 23.8 Å². The minimum atomic E-state index is 1.06. The van der Waals surface area contributed by atoms with Crippen LogP contribution >= 0.6 is 11.8 Å². The van der Waals surface area contributed by atoms with Gasteiger partial charge in [0.15, 0.2) is 0 Å². The highest BCUT2D eigenvalue weighted by molar-refractivity contribution is 8.07. The van der Waals surface area contributed by atoms with Crippen LogP contribution in [0.3, 0.4) is 0 Å². The smallest absolute Gasteiger partial charge is 0.138 e. The van der Waals surface area contributed by atoms with Crippen LogP contribution in [0.2, 0.25) is 0 Å². The Morgan fingerprint density at radius 1 is 1.22 bits per heavy atom. The van der Waals surface area contributed by atoms with Crippen molar-refractivity contribution in [3.8, 4) is 17.7 Å². The van der Waals surface area contributed by atoms with E-state index in [0.29, 0.717) is 0 Å². The third-order valence-electron chi connectivity index (χ3n) is 3.26. The van der Waals surface area contributed by atoms with Gasteiger partial charge in [-0.2, -0.15) is 5.26 Å². The zero-order chi connectivity index (χ0) is 21.7. The third-order valence-corrected chi connectivity index (χ3v) is 3.91. The molecule has 0 heterocycles. The number of allylic oxidation sites excluding steroid dienone is 10. The summed E-state index contributed by atoms with van der Waals surface area (Å²) in [6.45, 7) is 21.5. The van der Waals surface area contributed by atoms with Gasteiger partial charge in [0.25, 0.3) is 0 Å². The fourth-order valence-corrected chi connectivity index (χ4v) is 2.54. The summed E-state index contributed by atoms with van der Waals surface area (Å²) in [5.41, 5.74) is 5.32. The Hall–Kier alpha value is -2.16. The molecule has 0 saturated heterocycles. The SMILES string of the molecule is C#CC.C/C=C(\C)SC#N.C=C/C=C1\CCCC(/C=C/C)=C1C(=C)C.CC. The predicted octanol–water partition coefficient (Wildman–Crippen LogP) is 8.52. The quantitative estimate of drug-likeness (QED) is 0.359. The molecular weight excluding hydrogens is 346 g/mol. The van der Waals surface area contributed by atoms with E-state index >= 15 is 0 Å². The first-order valence-electron chi connectivity index (χ1n) is 9.33. The second-order valence-electron chi connectivity index (χ2n) is 5.34. The molecule has 0 spiro atoms. The molecule has 0 N–H and O–H groups in total. The van der Waals surface area contributed by atoms with Crippen LogP contribution in [0.5, 0.6) is 0 Å². The molecule has 0 unspecified atom stereocenters. The first-order chi connectivity index (χ1) is 12.9. The van der Waals surface area contributed by atoms with Crippen LogP contribution in [-0.4, -0.2) is 0 Å². The molecule has 0 aromatic heterocycles. The largest absolute Gasteiger partial charge is 0.185 e. The fourth-order valence-electron chi connectivity index (χ4n) is 2.28. The predicted molar refractivity (Wildman–Crippen MR) is 127 cm³/mol. The second-order valence-corrected chi connectivity index (χ2v) is 6.37. The first-order valence-corrected chi connectivity index (χ1v) is 10.1. The number of thiocyanates is 1. The average Bonchev–Trinajstić information content (AvgIpc) is 2.65. The Morgan fingerprint density at radius 3 is 2.11 bits per heavy atom. The van der Waals surface area contributed by atoms with Crippen LogP contribution in [0.4, 0.5) is 0 Å². The molecule has 0 radical (unpaired) electrons. The number of hydrogen-bond acceptors (Lipinski definition) is 2. The van der Waals surface area contributed by atoms with Gasteiger partial charge in [-0.25, -0.2) is 0 Å². The van der Waals surface area contributed by atoms with E-state index in [9.17, 15) is 0 Å². The summed E-state index contributed by atoms with van der Waals surface area (Å²) in [6.07, 6.45) is 18.4. The third kappa shape index (κ3) is 15.8. The van der Waals surface area contributed by atoms with Gasteiger partial charge in [0, 0.05) is 0 Å². The molecule has 0 aromatic rings. The van der Waals surface area contributed by atoms with Crippen molar-refractivity contribution in [2.45, 2.75) is 67.7 Å². The van der Waals surface area contributed by atoms with Gasteiger partial charge in [-0.3, -0.25) is 0 Å². The average molecular weight is 384 g/mol. The molecule has 0 amide bonds. The van der Waals surface area contributed by atoms with Gasteiger partial charge in [0.2, 0.25) is 0 Å². The highest BCUT2D eigenvalue weighted by atomic mass is 32.2. The molecule has 148 valence electrons. The molecular formula is C25H37NS. The molecule has 0 saturated carbocycles. The second kappa shape index (κ2) is 21.9. The van der Waals surface area contributed by atoms with Gasteiger partial charge in [-0.1, -0.05) is 63.0 Å². The van der Waals surface area contributed by atoms with Crippen LogP contribution in [0, 0.1) is 23.0 Å². The number of hydrogen-bond donors (Lipinski definition) is 0. The molecule has 2 heteroatoms. The Bertz CT molecular complexity index is 628. The highest BCUT2D eigenvalue weighted by Crippen LogP contribution is 2.34. The Balaban J connectivity index is -0.000000402. The van der Waals surface area contributed by atoms with E-state index in [2.05, 4.69) is 57.6 Å². The lowest BCUT2D eigenvalue weighted by molar-refractivity contribution is 0.780. The van der Waals surface area contributed by atoms with Gasteiger partial charge in [0.05, 0.1) is 0 Å². The van der Waals surface area contributed by atoms with Crippen LogP contribution in [0.1, 0.15) is 67.7 Å². The van der Waals surface area contributed by atoms with Gasteiger partial charge < -0.3 is 0 Å². The Kier molecular flexibility index (Phi) is 24.0. The molecule has 1 aliphatic carbocycles. The maximum Gasteiger partial charge on any atom is 0.138 e. The standard InChI is InChI=1S/C15H20.C5H7NS.C3H4.C2H6/c1-5-8-13-10-7-11-14(9-6-2)15(13)12(3)4;1-3-5(2)7-4-6;1-3-2;1-2/h5-6,8-9H,1,3,7,10-11H2,2,4H3;3H,1-2H3;1H,2H3;1-2H3/b9-6+,13-8+;5-3+;;. The molecule has 27 heavy (non-hydrogen) atoms. The van der Waals surface area contributed by atoms with Crippen molar-refractivity contribution < 1.29 is 0 Å². The minimum absolute atomic E-state index is 1.06. The minimum Gasteiger partial charge on any atom is -0.185 e. The number of nitriles is 1. The molecule has 0 aliphatic heterocycles. The van der Waals surface area contributed by atoms with Gasteiger partial charge in [-0.05, 0) is 87.3 Å². The van der Waals surface area contributed by atoms with E-state index in [0.717, 1.165) is 16.9 Å². The fraction of sp³-hybridized carbons (Fsp3) is 0.400. The van der Waals surface area contributed by atoms with E-state index in [1.165, 1.54) is 41.3 Å². The number of thioether (sulfide) groups is 1.